The van der Waals surface area contributed by atoms with E-state index in [0.717, 1.165) is 35.7 Å². The first kappa shape index (κ1) is 30.6. The van der Waals surface area contributed by atoms with E-state index in [2.05, 4.69) is 19.3 Å². The van der Waals surface area contributed by atoms with E-state index in [-0.39, 0.29) is 19.1 Å². The van der Waals surface area contributed by atoms with E-state index in [1.165, 1.54) is 0 Å². The summed E-state index contributed by atoms with van der Waals surface area (Å²) >= 11 is 0. The Bertz CT molecular complexity index is 1650. The van der Waals surface area contributed by atoms with Gasteiger partial charge in [0.1, 0.15) is 35.4 Å². The average molecular weight is 596 g/mol. The number of aromatic nitrogens is 2. The predicted molar refractivity (Wildman–Crippen MR) is 167 cm³/mol. The fourth-order valence-corrected chi connectivity index (χ4v) is 5.29. The zero-order valence-corrected chi connectivity index (χ0v) is 25.3. The Balaban J connectivity index is 1.25. The summed E-state index contributed by atoms with van der Waals surface area (Å²) in [5.41, 5.74) is 4.09. The summed E-state index contributed by atoms with van der Waals surface area (Å²) < 4.78 is 19.2. The number of ether oxygens (including phenoxy) is 3. The van der Waals surface area contributed by atoms with Crippen LogP contribution in [0, 0.1) is 20.4 Å². The highest BCUT2D eigenvalue weighted by Crippen LogP contribution is 2.34. The van der Waals surface area contributed by atoms with Crippen molar-refractivity contribution in [1.29, 1.82) is 0 Å². The molecule has 0 aliphatic carbocycles. The van der Waals surface area contributed by atoms with E-state index in [1.807, 2.05) is 55.3 Å². The number of benzene rings is 3. The maximum absolute atomic E-state index is 13.3. The number of hydrogen-bond donors (Lipinski definition) is 1. The van der Waals surface area contributed by atoms with Crippen molar-refractivity contribution in [2.75, 3.05) is 46.5 Å². The normalized spacial score (nSPS) is 13.4. The van der Waals surface area contributed by atoms with Crippen molar-refractivity contribution in [2.24, 2.45) is 0 Å². The number of aliphatic hydroxyl groups is 1. The number of nitrogens with zero attached hydrogens (tertiary/aromatic N) is 5. The molecule has 1 amide bonds. The molecule has 0 radical (unpaired) electrons. The van der Waals surface area contributed by atoms with Crippen molar-refractivity contribution in [3.8, 4) is 23.0 Å². The molecule has 44 heavy (non-hydrogen) atoms. The number of rotatable bonds is 11. The molecule has 0 spiro atoms. The highest BCUT2D eigenvalue weighted by atomic mass is 16.5. The van der Waals surface area contributed by atoms with E-state index >= 15 is 0 Å². The molecule has 4 aromatic rings. The predicted octanol–water partition coefficient (Wildman–Crippen LogP) is 5.23. The number of aliphatic hydroxyl groups excluding tert-OH is 1. The Morgan fingerprint density at radius 3 is 2.52 bits per heavy atom. The zero-order valence-electron chi connectivity index (χ0n) is 25.3. The number of carbonyl (C=O) groups excluding carboxylic acids is 1. The molecule has 1 N–H and O–H groups in total. The van der Waals surface area contributed by atoms with Gasteiger partial charge in [-0.1, -0.05) is 29.8 Å². The Kier molecular flexibility index (Phi) is 9.79. The molecule has 1 fully saturated rings. The molecule has 228 valence electrons. The third kappa shape index (κ3) is 7.19. The minimum absolute atomic E-state index is 0.00335. The molecule has 2 heterocycles. The van der Waals surface area contributed by atoms with Gasteiger partial charge in [-0.25, -0.2) is 9.83 Å². The fraction of sp³-hybridized carbons (Fsp3) is 0.324. The van der Waals surface area contributed by atoms with E-state index in [9.17, 15) is 4.79 Å². The first-order chi connectivity index (χ1) is 21.4. The van der Waals surface area contributed by atoms with Gasteiger partial charge in [-0.3, -0.25) is 9.69 Å². The summed E-state index contributed by atoms with van der Waals surface area (Å²) in [6.45, 7) is 15.7. The molecule has 1 aliphatic heterocycles. The average Bonchev–Trinajstić information content (AvgIpc) is 3.38. The third-order valence-corrected chi connectivity index (χ3v) is 7.65. The Hall–Kier alpha value is -4.85. The number of methoxy groups -OCH3 is 1. The maximum atomic E-state index is 13.3. The second kappa shape index (κ2) is 14.1. The van der Waals surface area contributed by atoms with Crippen LogP contribution in [-0.4, -0.2) is 76.9 Å². The standard InChI is InChI=1S/C34H37N5O5/c1-24-8-11-32(42-4)30(18-24)34(41)38-14-12-37(13-15-38)23-27-21-36-25(2)39(27)22-26-9-10-31(35-3)33(19-26)44-29-7-5-6-28(20-29)43-17-16-40/h5-11,18-21,40H,12-17,22-23H2,1-2,4H3. The van der Waals surface area contributed by atoms with Crippen LogP contribution in [0.4, 0.5) is 5.69 Å². The summed E-state index contributed by atoms with van der Waals surface area (Å²) in [6.07, 6.45) is 1.91. The van der Waals surface area contributed by atoms with Gasteiger partial charge in [0.2, 0.25) is 5.69 Å². The van der Waals surface area contributed by atoms with Crippen molar-refractivity contribution in [2.45, 2.75) is 26.9 Å². The van der Waals surface area contributed by atoms with E-state index in [4.69, 9.17) is 25.9 Å². The lowest BCUT2D eigenvalue weighted by Gasteiger charge is -2.35. The summed E-state index contributed by atoms with van der Waals surface area (Å²) in [4.78, 5) is 25.7. The Morgan fingerprint density at radius 2 is 1.77 bits per heavy atom. The van der Waals surface area contributed by atoms with Crippen molar-refractivity contribution in [3.63, 3.8) is 0 Å². The lowest BCUT2D eigenvalue weighted by atomic mass is 10.1. The van der Waals surface area contributed by atoms with E-state index in [1.54, 1.807) is 37.4 Å². The molecule has 0 unspecified atom stereocenters. The summed E-state index contributed by atoms with van der Waals surface area (Å²) in [7, 11) is 1.59. The quantitative estimate of drug-likeness (QED) is 0.238. The lowest BCUT2D eigenvalue weighted by molar-refractivity contribution is 0.0622. The minimum atomic E-state index is -0.0792. The number of piperazine rings is 1. The molecule has 3 aromatic carbocycles. The van der Waals surface area contributed by atoms with Crippen LogP contribution in [0.1, 0.15) is 33.0 Å². The molecule has 1 saturated heterocycles. The molecular weight excluding hydrogens is 558 g/mol. The second-order valence-electron chi connectivity index (χ2n) is 10.7. The van der Waals surface area contributed by atoms with Crippen LogP contribution in [0.25, 0.3) is 4.85 Å². The van der Waals surface area contributed by atoms with E-state index in [0.29, 0.717) is 60.4 Å². The minimum Gasteiger partial charge on any atom is -0.496 e. The number of carbonyl (C=O) groups is 1. The van der Waals surface area contributed by atoms with Gasteiger partial charge in [0.15, 0.2) is 0 Å². The van der Waals surface area contributed by atoms with Crippen LogP contribution in [-0.2, 0) is 13.1 Å². The smallest absolute Gasteiger partial charge is 0.257 e. The van der Waals surface area contributed by atoms with Crippen molar-refractivity contribution >= 4 is 11.6 Å². The monoisotopic (exact) mass is 595 g/mol. The Morgan fingerprint density at radius 1 is 0.977 bits per heavy atom. The van der Waals surface area contributed by atoms with Gasteiger partial charge in [-0.15, -0.1) is 0 Å². The van der Waals surface area contributed by atoms with Crippen LogP contribution in [0.5, 0.6) is 23.0 Å². The van der Waals surface area contributed by atoms with Gasteiger partial charge in [0.05, 0.1) is 31.5 Å². The van der Waals surface area contributed by atoms with Gasteiger partial charge in [0.25, 0.3) is 5.91 Å². The first-order valence-corrected chi connectivity index (χ1v) is 14.6. The van der Waals surface area contributed by atoms with Crippen molar-refractivity contribution < 1.29 is 24.1 Å². The zero-order chi connectivity index (χ0) is 31.1. The molecule has 5 rings (SSSR count). The number of hydrogen-bond acceptors (Lipinski definition) is 7. The van der Waals surface area contributed by atoms with Gasteiger partial charge in [-0.2, -0.15) is 0 Å². The van der Waals surface area contributed by atoms with Crippen molar-refractivity contribution in [1.82, 2.24) is 19.4 Å². The van der Waals surface area contributed by atoms with Crippen LogP contribution >= 0.6 is 0 Å². The highest BCUT2D eigenvalue weighted by Gasteiger charge is 2.25. The van der Waals surface area contributed by atoms with Crippen molar-refractivity contribution in [3.05, 3.63) is 106 Å². The largest absolute Gasteiger partial charge is 0.496 e. The second-order valence-corrected chi connectivity index (χ2v) is 10.7. The maximum Gasteiger partial charge on any atom is 0.257 e. The van der Waals surface area contributed by atoms with Crippen LogP contribution in [0.15, 0.2) is 66.9 Å². The van der Waals surface area contributed by atoms with E-state index < -0.39 is 0 Å². The summed E-state index contributed by atoms with van der Waals surface area (Å²) in [6, 6.07) is 18.4. The van der Waals surface area contributed by atoms with Gasteiger partial charge in [-0.05, 0) is 49.7 Å². The van der Waals surface area contributed by atoms with Gasteiger partial charge in [0, 0.05) is 51.5 Å². The number of aryl methyl sites for hydroxylation is 2. The summed E-state index contributed by atoms with van der Waals surface area (Å²) in [5.74, 6) is 3.07. The first-order valence-electron chi connectivity index (χ1n) is 14.6. The van der Waals surface area contributed by atoms with Crippen LogP contribution in [0.2, 0.25) is 0 Å². The molecule has 1 aliphatic rings. The molecule has 0 bridgehead atoms. The Labute approximate surface area is 257 Å². The fourth-order valence-electron chi connectivity index (χ4n) is 5.29. The number of imidazole rings is 1. The topological polar surface area (TPSA) is 93.7 Å². The molecule has 0 saturated carbocycles. The number of amides is 1. The SMILES string of the molecule is [C-]#[N+]c1ccc(Cn2c(CN3CCN(C(=O)c4cc(C)ccc4OC)CC3)cnc2C)cc1Oc1cccc(OCCO)c1. The van der Waals surface area contributed by atoms with Crippen LogP contribution < -0.4 is 14.2 Å². The molecule has 10 heteroatoms. The van der Waals surface area contributed by atoms with Gasteiger partial charge < -0.3 is 28.8 Å². The highest BCUT2D eigenvalue weighted by molar-refractivity contribution is 5.97. The van der Waals surface area contributed by atoms with Crippen LogP contribution in [0.3, 0.4) is 0 Å². The molecule has 1 aromatic heterocycles. The summed E-state index contributed by atoms with van der Waals surface area (Å²) in [5, 5.41) is 9.04. The molecular formula is C34H37N5O5. The van der Waals surface area contributed by atoms with Gasteiger partial charge >= 0.3 is 0 Å². The molecule has 0 atom stereocenters. The third-order valence-electron chi connectivity index (χ3n) is 7.65. The molecule has 10 nitrogen and oxygen atoms in total. The lowest BCUT2D eigenvalue weighted by Crippen LogP contribution is -2.48.